The number of rotatable bonds is 2. The van der Waals surface area contributed by atoms with Crippen LogP contribution in [0.4, 0.5) is 5.82 Å². The molecule has 4 nitrogen and oxygen atoms in total. The first-order valence-electron chi connectivity index (χ1n) is 4.68. The van der Waals surface area contributed by atoms with E-state index in [1.54, 1.807) is 0 Å². The Morgan fingerprint density at radius 2 is 2.07 bits per heavy atom. The Bertz CT molecular complexity index is 326. The quantitative estimate of drug-likeness (QED) is 0.751. The lowest BCUT2D eigenvalue weighted by molar-refractivity contribution is 0.281. The van der Waals surface area contributed by atoms with Gasteiger partial charge in [-0.05, 0) is 12.8 Å². The van der Waals surface area contributed by atoms with Crippen LogP contribution in [0.2, 0.25) is 5.15 Å². The molecule has 0 spiro atoms. The minimum atomic E-state index is -0.106. The molecule has 1 aliphatic rings. The van der Waals surface area contributed by atoms with Gasteiger partial charge >= 0.3 is 0 Å². The fourth-order valence-corrected chi connectivity index (χ4v) is 1.91. The van der Waals surface area contributed by atoms with Crippen LogP contribution < -0.4 is 4.90 Å². The summed E-state index contributed by atoms with van der Waals surface area (Å²) in [6.45, 7) is 1.87. The second kappa shape index (κ2) is 4.11. The van der Waals surface area contributed by atoms with Crippen molar-refractivity contribution in [2.45, 2.75) is 19.4 Å². The Morgan fingerprint density at radius 1 is 1.36 bits per heavy atom. The highest BCUT2D eigenvalue weighted by Gasteiger charge is 2.18. The average Bonchev–Trinajstić information content (AvgIpc) is 2.70. The Kier molecular flexibility index (Phi) is 2.84. The number of hydrogen-bond acceptors (Lipinski definition) is 4. The molecule has 1 fully saturated rings. The second-order valence-corrected chi connectivity index (χ2v) is 3.68. The molecule has 1 aliphatic heterocycles. The zero-order chi connectivity index (χ0) is 9.97. The van der Waals surface area contributed by atoms with E-state index in [1.807, 2.05) is 0 Å². The van der Waals surface area contributed by atoms with E-state index in [9.17, 15) is 0 Å². The van der Waals surface area contributed by atoms with Crippen LogP contribution in [-0.4, -0.2) is 28.2 Å². The molecule has 0 unspecified atom stereocenters. The monoisotopic (exact) mass is 213 g/mol. The van der Waals surface area contributed by atoms with Gasteiger partial charge in [0.05, 0.1) is 12.2 Å². The number of aliphatic hydroxyl groups is 1. The van der Waals surface area contributed by atoms with E-state index in [2.05, 4.69) is 14.9 Å². The van der Waals surface area contributed by atoms with Gasteiger partial charge in [-0.15, -0.1) is 0 Å². The van der Waals surface area contributed by atoms with Gasteiger partial charge in [0, 0.05) is 13.1 Å². The number of aromatic nitrogens is 2. The normalized spacial score (nSPS) is 16.3. The standard InChI is InChI=1S/C9H12ClN3O/c10-8-7(5-14)9(12-6-11-8)13-3-1-2-4-13/h6,14H,1-5H2. The SMILES string of the molecule is OCc1c(Cl)ncnc1N1CCCC1. The molecule has 0 radical (unpaired) electrons. The largest absolute Gasteiger partial charge is 0.391 e. The third kappa shape index (κ3) is 1.67. The summed E-state index contributed by atoms with van der Waals surface area (Å²) in [7, 11) is 0. The van der Waals surface area contributed by atoms with E-state index in [1.165, 1.54) is 19.2 Å². The van der Waals surface area contributed by atoms with Crippen molar-refractivity contribution in [2.75, 3.05) is 18.0 Å². The first-order valence-corrected chi connectivity index (χ1v) is 5.06. The molecule has 0 bridgehead atoms. The smallest absolute Gasteiger partial charge is 0.140 e. The van der Waals surface area contributed by atoms with Crippen LogP contribution in [0.15, 0.2) is 6.33 Å². The van der Waals surface area contributed by atoms with Gasteiger partial charge in [0.1, 0.15) is 17.3 Å². The van der Waals surface area contributed by atoms with Crippen molar-refractivity contribution in [1.29, 1.82) is 0 Å². The molecule has 0 aliphatic carbocycles. The Hall–Kier alpha value is -0.870. The third-order valence-corrected chi connectivity index (χ3v) is 2.76. The van der Waals surface area contributed by atoms with Crippen molar-refractivity contribution in [1.82, 2.24) is 9.97 Å². The van der Waals surface area contributed by atoms with Crippen molar-refractivity contribution < 1.29 is 5.11 Å². The summed E-state index contributed by atoms with van der Waals surface area (Å²) in [6.07, 6.45) is 3.79. The number of anilines is 1. The molecule has 0 aromatic carbocycles. The molecule has 14 heavy (non-hydrogen) atoms. The van der Waals surface area contributed by atoms with E-state index in [0.29, 0.717) is 10.7 Å². The summed E-state index contributed by atoms with van der Waals surface area (Å²) in [5.74, 6) is 0.782. The first-order chi connectivity index (χ1) is 6.83. The van der Waals surface area contributed by atoms with Crippen LogP contribution >= 0.6 is 11.6 Å². The average molecular weight is 214 g/mol. The fraction of sp³-hybridized carbons (Fsp3) is 0.556. The fourth-order valence-electron chi connectivity index (χ4n) is 1.72. The van der Waals surface area contributed by atoms with Crippen LogP contribution in [0.3, 0.4) is 0 Å². The van der Waals surface area contributed by atoms with Crippen LogP contribution in [-0.2, 0) is 6.61 Å². The van der Waals surface area contributed by atoms with Gasteiger partial charge < -0.3 is 10.0 Å². The maximum atomic E-state index is 9.17. The van der Waals surface area contributed by atoms with E-state index in [4.69, 9.17) is 16.7 Å². The second-order valence-electron chi connectivity index (χ2n) is 3.32. The van der Waals surface area contributed by atoms with Crippen molar-refractivity contribution >= 4 is 17.4 Å². The topological polar surface area (TPSA) is 49.3 Å². The van der Waals surface area contributed by atoms with Crippen LogP contribution in [0, 0.1) is 0 Å². The summed E-state index contributed by atoms with van der Waals surface area (Å²) in [6, 6.07) is 0. The van der Waals surface area contributed by atoms with E-state index >= 15 is 0 Å². The highest BCUT2D eigenvalue weighted by atomic mass is 35.5. The molecular weight excluding hydrogens is 202 g/mol. The zero-order valence-corrected chi connectivity index (χ0v) is 8.54. The number of aliphatic hydroxyl groups excluding tert-OH is 1. The van der Waals surface area contributed by atoms with Gasteiger partial charge in [-0.25, -0.2) is 9.97 Å². The summed E-state index contributed by atoms with van der Waals surface area (Å²) in [5, 5.41) is 9.52. The summed E-state index contributed by atoms with van der Waals surface area (Å²) in [4.78, 5) is 10.2. The molecule has 0 atom stereocenters. The van der Waals surface area contributed by atoms with Gasteiger partial charge in [0.25, 0.3) is 0 Å². The number of nitrogens with zero attached hydrogens (tertiary/aromatic N) is 3. The Balaban J connectivity index is 2.35. The molecular formula is C9H12ClN3O. The van der Waals surface area contributed by atoms with Crippen molar-refractivity contribution in [2.24, 2.45) is 0 Å². The predicted octanol–water partition coefficient (Wildman–Crippen LogP) is 1.22. The molecule has 76 valence electrons. The van der Waals surface area contributed by atoms with Gasteiger partial charge in [-0.1, -0.05) is 11.6 Å². The molecule has 1 N–H and O–H groups in total. The van der Waals surface area contributed by atoms with Crippen molar-refractivity contribution in [3.05, 3.63) is 17.0 Å². The molecule has 5 heteroatoms. The van der Waals surface area contributed by atoms with Crippen molar-refractivity contribution in [3.63, 3.8) is 0 Å². The lowest BCUT2D eigenvalue weighted by Crippen LogP contribution is -2.21. The first kappa shape index (κ1) is 9.68. The Morgan fingerprint density at radius 3 is 2.71 bits per heavy atom. The maximum absolute atomic E-state index is 9.17. The van der Waals surface area contributed by atoms with Crippen LogP contribution in [0.1, 0.15) is 18.4 Å². The van der Waals surface area contributed by atoms with Gasteiger partial charge in [-0.2, -0.15) is 0 Å². The van der Waals surface area contributed by atoms with Gasteiger partial charge in [0.15, 0.2) is 0 Å². The minimum absolute atomic E-state index is 0.106. The predicted molar refractivity (Wildman–Crippen MR) is 54.4 cm³/mol. The van der Waals surface area contributed by atoms with E-state index < -0.39 is 0 Å². The zero-order valence-electron chi connectivity index (χ0n) is 7.78. The number of hydrogen-bond donors (Lipinski definition) is 1. The van der Waals surface area contributed by atoms with Crippen LogP contribution in [0.5, 0.6) is 0 Å². The Labute approximate surface area is 87.5 Å². The molecule has 2 rings (SSSR count). The molecule has 0 amide bonds. The molecule has 2 heterocycles. The highest BCUT2D eigenvalue weighted by Crippen LogP contribution is 2.25. The molecule has 0 saturated carbocycles. The lowest BCUT2D eigenvalue weighted by Gasteiger charge is -2.18. The van der Waals surface area contributed by atoms with Crippen molar-refractivity contribution in [3.8, 4) is 0 Å². The van der Waals surface area contributed by atoms with Gasteiger partial charge in [0.2, 0.25) is 0 Å². The third-order valence-electron chi connectivity index (χ3n) is 2.43. The van der Waals surface area contributed by atoms with Gasteiger partial charge in [-0.3, -0.25) is 0 Å². The van der Waals surface area contributed by atoms with Crippen LogP contribution in [0.25, 0.3) is 0 Å². The molecule has 1 aromatic rings. The minimum Gasteiger partial charge on any atom is -0.391 e. The molecule has 1 saturated heterocycles. The highest BCUT2D eigenvalue weighted by molar-refractivity contribution is 6.30. The lowest BCUT2D eigenvalue weighted by atomic mass is 10.3. The maximum Gasteiger partial charge on any atom is 0.140 e. The molecule has 1 aromatic heterocycles. The van der Waals surface area contributed by atoms with E-state index in [-0.39, 0.29) is 6.61 Å². The van der Waals surface area contributed by atoms with E-state index in [0.717, 1.165) is 18.9 Å². The summed E-state index contributed by atoms with van der Waals surface area (Å²) in [5.41, 5.74) is 0.635. The number of halogens is 1. The summed E-state index contributed by atoms with van der Waals surface area (Å²) < 4.78 is 0. The summed E-state index contributed by atoms with van der Waals surface area (Å²) >= 11 is 5.87.